The molecule has 170 valence electrons. The predicted octanol–water partition coefficient (Wildman–Crippen LogP) is 2.65. The summed E-state index contributed by atoms with van der Waals surface area (Å²) in [5, 5.41) is 6.61. The second-order valence-corrected chi connectivity index (χ2v) is 10.3. The van der Waals surface area contributed by atoms with E-state index in [-0.39, 0.29) is 0 Å². The number of nitrogens with one attached hydrogen (secondary N) is 2. The van der Waals surface area contributed by atoms with Gasteiger partial charge in [0.05, 0.1) is 4.90 Å². The molecule has 2 rings (SSSR count). The first kappa shape index (κ1) is 24.6. The molecule has 2 N–H and O–H groups in total. The third kappa shape index (κ3) is 6.68. The summed E-state index contributed by atoms with van der Waals surface area (Å²) in [6.45, 7) is 12.1. The highest BCUT2D eigenvalue weighted by molar-refractivity contribution is 7.89. The summed E-state index contributed by atoms with van der Waals surface area (Å²) < 4.78 is 27.9. The van der Waals surface area contributed by atoms with Crippen LogP contribution < -0.4 is 10.6 Å². The molecule has 0 atom stereocenters. The van der Waals surface area contributed by atoms with Gasteiger partial charge in [-0.15, -0.1) is 0 Å². The van der Waals surface area contributed by atoms with Crippen molar-refractivity contribution in [1.82, 2.24) is 19.8 Å². The molecule has 1 heterocycles. The number of hydrogen-bond donors (Lipinski definition) is 2. The molecular formula is C22H39N5O2S. The van der Waals surface area contributed by atoms with Crippen molar-refractivity contribution in [3.8, 4) is 0 Å². The van der Waals surface area contributed by atoms with Crippen LogP contribution in [0, 0.1) is 0 Å². The van der Waals surface area contributed by atoms with Crippen LogP contribution in [0.4, 0.5) is 0 Å². The fraction of sp³-hybridized carbons (Fsp3) is 0.682. The van der Waals surface area contributed by atoms with Gasteiger partial charge in [0.2, 0.25) is 10.0 Å². The van der Waals surface area contributed by atoms with Crippen LogP contribution in [0.5, 0.6) is 0 Å². The fourth-order valence-corrected chi connectivity index (χ4v) is 5.70. The van der Waals surface area contributed by atoms with E-state index in [1.165, 1.54) is 0 Å². The largest absolute Gasteiger partial charge is 0.355 e. The first-order valence-corrected chi connectivity index (χ1v) is 12.5. The highest BCUT2D eigenvalue weighted by Gasteiger charge is 2.27. The zero-order chi connectivity index (χ0) is 22.1. The van der Waals surface area contributed by atoms with E-state index in [1.54, 1.807) is 23.5 Å². The minimum absolute atomic E-state index is 0.389. The van der Waals surface area contributed by atoms with Gasteiger partial charge >= 0.3 is 0 Å². The van der Waals surface area contributed by atoms with Crippen molar-refractivity contribution >= 4 is 16.0 Å². The molecule has 8 heteroatoms. The Morgan fingerprint density at radius 1 is 1.07 bits per heavy atom. The molecule has 0 saturated carbocycles. The number of nitrogens with zero attached hydrogens (tertiary/aromatic N) is 3. The van der Waals surface area contributed by atoms with E-state index in [1.807, 2.05) is 12.1 Å². The van der Waals surface area contributed by atoms with E-state index in [0.29, 0.717) is 42.6 Å². The topological polar surface area (TPSA) is 77.0 Å². The maximum Gasteiger partial charge on any atom is 0.243 e. The van der Waals surface area contributed by atoms with E-state index in [9.17, 15) is 8.42 Å². The number of rotatable bonds is 9. The molecule has 0 radical (unpaired) electrons. The van der Waals surface area contributed by atoms with Gasteiger partial charge in [-0.1, -0.05) is 24.6 Å². The molecule has 0 aromatic heterocycles. The molecule has 30 heavy (non-hydrogen) atoms. The van der Waals surface area contributed by atoms with Gasteiger partial charge in [-0.05, 0) is 52.2 Å². The maximum atomic E-state index is 13.1. The van der Waals surface area contributed by atoms with Crippen LogP contribution in [0.2, 0.25) is 0 Å². The molecule has 1 aliphatic rings. The Morgan fingerprint density at radius 2 is 1.70 bits per heavy atom. The molecule has 1 aliphatic heterocycles. The van der Waals surface area contributed by atoms with Crippen molar-refractivity contribution in [1.29, 1.82) is 0 Å². The van der Waals surface area contributed by atoms with Gasteiger partial charge in [0.1, 0.15) is 0 Å². The molecule has 0 spiro atoms. The Bertz CT molecular complexity index is 778. The van der Waals surface area contributed by atoms with Gasteiger partial charge in [0.25, 0.3) is 0 Å². The molecule has 1 aromatic rings. The average molecular weight is 438 g/mol. The SMILES string of the molecule is CN=C(NCCN(C(C)C)C(C)C)NCc1ccccc1S(=O)(=O)N1CCCCC1. The summed E-state index contributed by atoms with van der Waals surface area (Å²) in [7, 11) is -1.74. The van der Waals surface area contributed by atoms with E-state index < -0.39 is 10.0 Å². The Labute approximate surface area is 183 Å². The molecule has 0 bridgehead atoms. The lowest BCUT2D eigenvalue weighted by Crippen LogP contribution is -2.45. The Hall–Kier alpha value is -1.64. The van der Waals surface area contributed by atoms with E-state index in [2.05, 4.69) is 48.2 Å². The lowest BCUT2D eigenvalue weighted by molar-refractivity contribution is 0.178. The highest BCUT2D eigenvalue weighted by atomic mass is 32.2. The van der Waals surface area contributed by atoms with Crippen molar-refractivity contribution in [2.75, 3.05) is 33.2 Å². The third-order valence-electron chi connectivity index (χ3n) is 5.56. The Kier molecular flexibility index (Phi) is 9.58. The second-order valence-electron chi connectivity index (χ2n) is 8.35. The molecule has 1 fully saturated rings. The molecule has 7 nitrogen and oxygen atoms in total. The third-order valence-corrected chi connectivity index (χ3v) is 7.56. The highest BCUT2D eigenvalue weighted by Crippen LogP contribution is 2.23. The summed E-state index contributed by atoms with van der Waals surface area (Å²) in [5.41, 5.74) is 0.761. The number of benzene rings is 1. The minimum atomic E-state index is -3.47. The van der Waals surface area contributed by atoms with Gasteiger partial charge in [-0.25, -0.2) is 8.42 Å². The summed E-state index contributed by atoms with van der Waals surface area (Å²) in [5.74, 6) is 0.674. The molecule has 0 amide bonds. The van der Waals surface area contributed by atoms with Gasteiger partial charge in [-0.3, -0.25) is 9.89 Å². The van der Waals surface area contributed by atoms with Crippen LogP contribution >= 0.6 is 0 Å². The first-order valence-electron chi connectivity index (χ1n) is 11.1. The van der Waals surface area contributed by atoms with Crippen LogP contribution in [0.25, 0.3) is 0 Å². The van der Waals surface area contributed by atoms with Crippen LogP contribution in [0.1, 0.15) is 52.5 Å². The zero-order valence-electron chi connectivity index (χ0n) is 19.2. The number of guanidine groups is 1. The number of sulfonamides is 1. The summed E-state index contributed by atoms with van der Waals surface area (Å²) in [4.78, 5) is 7.09. The van der Waals surface area contributed by atoms with E-state index >= 15 is 0 Å². The van der Waals surface area contributed by atoms with Crippen LogP contribution in [0.3, 0.4) is 0 Å². The van der Waals surface area contributed by atoms with E-state index in [4.69, 9.17) is 0 Å². The Balaban J connectivity index is 1.99. The second kappa shape index (κ2) is 11.7. The molecule has 0 unspecified atom stereocenters. The van der Waals surface area contributed by atoms with Crippen molar-refractivity contribution in [3.05, 3.63) is 29.8 Å². The monoisotopic (exact) mass is 437 g/mol. The predicted molar refractivity (Wildman–Crippen MR) is 124 cm³/mol. The molecular weight excluding hydrogens is 398 g/mol. The van der Waals surface area contributed by atoms with Crippen molar-refractivity contribution in [2.45, 2.75) is 70.5 Å². The standard InChI is InChI=1S/C22H39N5O2S/c1-18(2)27(19(3)4)16-13-24-22(23-5)25-17-20-11-7-8-12-21(20)30(28,29)26-14-9-6-10-15-26/h7-8,11-12,18-19H,6,9-10,13-17H2,1-5H3,(H2,23,24,25). The fourth-order valence-electron chi connectivity index (χ4n) is 3.96. The number of piperidine rings is 1. The van der Waals surface area contributed by atoms with E-state index in [0.717, 1.165) is 37.9 Å². The summed E-state index contributed by atoms with van der Waals surface area (Å²) in [6, 6.07) is 8.21. The van der Waals surface area contributed by atoms with Gasteiger partial charge in [-0.2, -0.15) is 4.31 Å². The number of hydrogen-bond acceptors (Lipinski definition) is 4. The van der Waals surface area contributed by atoms with Gasteiger partial charge in [0, 0.05) is 51.9 Å². The quantitative estimate of drug-likeness (QED) is 0.459. The Morgan fingerprint density at radius 3 is 2.30 bits per heavy atom. The lowest BCUT2D eigenvalue weighted by atomic mass is 10.2. The number of aliphatic imine (C=N–C) groups is 1. The van der Waals surface area contributed by atoms with Crippen LogP contribution in [0.15, 0.2) is 34.2 Å². The van der Waals surface area contributed by atoms with Crippen LogP contribution in [-0.2, 0) is 16.6 Å². The van der Waals surface area contributed by atoms with Crippen LogP contribution in [-0.4, -0.2) is 68.9 Å². The zero-order valence-corrected chi connectivity index (χ0v) is 20.0. The summed E-state index contributed by atoms with van der Waals surface area (Å²) >= 11 is 0. The minimum Gasteiger partial charge on any atom is -0.355 e. The van der Waals surface area contributed by atoms with Crippen molar-refractivity contribution < 1.29 is 8.42 Å². The average Bonchev–Trinajstić information content (AvgIpc) is 2.73. The maximum absolute atomic E-state index is 13.1. The summed E-state index contributed by atoms with van der Waals surface area (Å²) in [6.07, 6.45) is 2.96. The molecule has 1 aromatic carbocycles. The van der Waals surface area contributed by atoms with Crippen molar-refractivity contribution in [2.24, 2.45) is 4.99 Å². The van der Waals surface area contributed by atoms with Gasteiger partial charge < -0.3 is 10.6 Å². The lowest BCUT2D eigenvalue weighted by Gasteiger charge is -2.30. The molecule has 1 saturated heterocycles. The normalized spacial score (nSPS) is 16.5. The molecule has 0 aliphatic carbocycles. The van der Waals surface area contributed by atoms with Gasteiger partial charge in [0.15, 0.2) is 5.96 Å². The first-order chi connectivity index (χ1) is 14.3. The van der Waals surface area contributed by atoms with Crippen molar-refractivity contribution in [3.63, 3.8) is 0 Å². The smallest absolute Gasteiger partial charge is 0.243 e.